The number of ketones is 1. The highest BCUT2D eigenvalue weighted by Crippen LogP contribution is 2.05. The quantitative estimate of drug-likeness (QED) is 0.439. The molecule has 0 aromatic carbocycles. The summed E-state index contributed by atoms with van der Waals surface area (Å²) in [6, 6.07) is -0.916. The summed E-state index contributed by atoms with van der Waals surface area (Å²) in [5, 5.41) is 9.38. The van der Waals surface area contributed by atoms with Crippen molar-refractivity contribution in [3.8, 4) is 0 Å². The van der Waals surface area contributed by atoms with E-state index in [-0.39, 0.29) is 19.4 Å². The van der Waals surface area contributed by atoms with Crippen LogP contribution in [0.4, 0.5) is 0 Å². The van der Waals surface area contributed by atoms with Gasteiger partial charge >= 0.3 is 5.97 Å². The second-order valence-electron chi connectivity index (χ2n) is 5.44. The molecule has 0 aromatic rings. The summed E-state index contributed by atoms with van der Waals surface area (Å²) in [4.78, 5) is 35.0. The van der Waals surface area contributed by atoms with E-state index in [9.17, 15) is 14.4 Å². The molecule has 0 aliphatic carbocycles. The van der Waals surface area contributed by atoms with Gasteiger partial charge in [0.15, 0.2) is 5.78 Å². The average molecular weight is 314 g/mol. The Morgan fingerprint density at radius 3 is 2.32 bits per heavy atom. The second-order valence-corrected chi connectivity index (χ2v) is 5.44. The Labute approximate surface area is 131 Å². The number of Topliss-reactive ketones (excluding diaryl/α,β-unsaturated/α-hetero) is 1. The first-order valence-corrected chi connectivity index (χ1v) is 7.34. The number of carbonyl (C=O) groups is 3. The van der Waals surface area contributed by atoms with Crippen molar-refractivity contribution in [2.45, 2.75) is 52.2 Å². The summed E-state index contributed by atoms with van der Waals surface area (Å²) in [5.74, 6) is -1.03. The molecule has 0 spiro atoms. The van der Waals surface area contributed by atoms with Gasteiger partial charge in [-0.2, -0.15) is 0 Å². The predicted molar refractivity (Wildman–Crippen MR) is 81.8 cm³/mol. The summed E-state index contributed by atoms with van der Waals surface area (Å²) in [6.45, 7) is 5.84. The molecule has 0 unspecified atom stereocenters. The van der Waals surface area contributed by atoms with E-state index in [0.717, 1.165) is 6.42 Å². The number of ether oxygens (including phenoxy) is 2. The maximum absolute atomic E-state index is 12.0. The van der Waals surface area contributed by atoms with Crippen molar-refractivity contribution < 1.29 is 23.9 Å². The van der Waals surface area contributed by atoms with Gasteiger partial charge in [0, 0.05) is 13.5 Å². The van der Waals surface area contributed by atoms with Gasteiger partial charge < -0.3 is 20.2 Å². The summed E-state index contributed by atoms with van der Waals surface area (Å²) >= 11 is 0. The molecule has 1 amide bonds. The van der Waals surface area contributed by atoms with Crippen LogP contribution < -0.4 is 5.32 Å². The molecule has 0 aliphatic heterocycles. The van der Waals surface area contributed by atoms with Crippen LogP contribution in [0.25, 0.3) is 0 Å². The lowest BCUT2D eigenvalue weighted by Crippen LogP contribution is -2.46. The molecule has 0 fully saturated rings. The average Bonchev–Trinajstić information content (AvgIpc) is 2.49. The lowest BCUT2D eigenvalue weighted by Gasteiger charge is -2.19. The van der Waals surface area contributed by atoms with E-state index in [4.69, 9.17) is 14.9 Å². The predicted octanol–water partition coefficient (Wildman–Crippen LogP) is 1.09. The van der Waals surface area contributed by atoms with Gasteiger partial charge in [-0.25, -0.2) is 4.79 Å². The van der Waals surface area contributed by atoms with Crippen molar-refractivity contribution in [1.82, 2.24) is 5.32 Å². The number of rotatable bonds is 11. The summed E-state index contributed by atoms with van der Waals surface area (Å²) in [5.41, 5.74) is 0. The zero-order valence-electron chi connectivity index (χ0n) is 13.7. The molecule has 2 N–H and O–H groups in total. The minimum absolute atomic E-state index is 0.00487. The highest BCUT2D eigenvalue weighted by atomic mass is 16.5. The van der Waals surface area contributed by atoms with Gasteiger partial charge in [0.2, 0.25) is 5.91 Å². The Bertz CT molecular complexity index is 395. The van der Waals surface area contributed by atoms with Gasteiger partial charge in [0.25, 0.3) is 0 Å². The molecule has 22 heavy (non-hydrogen) atoms. The first-order chi connectivity index (χ1) is 10.3. The van der Waals surface area contributed by atoms with Gasteiger partial charge in [-0.15, -0.1) is 0 Å². The van der Waals surface area contributed by atoms with E-state index in [0.29, 0.717) is 12.1 Å². The maximum Gasteiger partial charge on any atom is 0.328 e. The molecule has 126 valence electrons. The van der Waals surface area contributed by atoms with Crippen molar-refractivity contribution in [2.24, 2.45) is 5.92 Å². The van der Waals surface area contributed by atoms with Crippen molar-refractivity contribution in [1.29, 1.82) is 5.41 Å². The van der Waals surface area contributed by atoms with Crippen LogP contribution in [0.3, 0.4) is 0 Å². The van der Waals surface area contributed by atoms with Crippen molar-refractivity contribution >= 4 is 23.9 Å². The summed E-state index contributed by atoms with van der Waals surface area (Å²) in [6.07, 6.45) is 0.803. The molecule has 7 nitrogen and oxygen atoms in total. The number of esters is 1. The smallest absolute Gasteiger partial charge is 0.328 e. The number of amides is 1. The molecule has 0 radical (unpaired) electrons. The Morgan fingerprint density at radius 1 is 1.18 bits per heavy atom. The number of hydrogen-bond donors (Lipinski definition) is 2. The molecule has 0 aliphatic rings. The maximum atomic E-state index is 12.0. The summed E-state index contributed by atoms with van der Waals surface area (Å²) < 4.78 is 10.0. The lowest BCUT2D eigenvalue weighted by atomic mass is 10.1. The van der Waals surface area contributed by atoms with Gasteiger partial charge in [-0.3, -0.25) is 9.59 Å². The van der Waals surface area contributed by atoms with Gasteiger partial charge in [0.1, 0.15) is 12.1 Å². The number of methoxy groups -OCH3 is 1. The molecule has 7 heteroatoms. The third-order valence-electron chi connectivity index (χ3n) is 3.10. The largest absolute Gasteiger partial charge is 0.464 e. The van der Waals surface area contributed by atoms with E-state index in [2.05, 4.69) is 5.32 Å². The highest BCUT2D eigenvalue weighted by molar-refractivity contribution is 6.26. The van der Waals surface area contributed by atoms with Crippen molar-refractivity contribution in [2.75, 3.05) is 13.7 Å². The lowest BCUT2D eigenvalue weighted by molar-refractivity contribution is -0.149. The van der Waals surface area contributed by atoms with Crippen molar-refractivity contribution in [3.05, 3.63) is 0 Å². The summed E-state index contributed by atoms with van der Waals surface area (Å²) in [7, 11) is 1.39. The molecular formula is C15H26N2O5. The minimum atomic E-state index is -0.916. The zero-order valence-corrected chi connectivity index (χ0v) is 13.7. The van der Waals surface area contributed by atoms with E-state index in [1.165, 1.54) is 7.11 Å². The van der Waals surface area contributed by atoms with E-state index in [1.807, 2.05) is 13.8 Å². The standard InChI is InChI=1S/C15H26N2O5/c1-10(2)7-8-22-15(20)13(6-5-12(18)9-16)17-14(19)11(3)21-4/h9-11,13,16H,5-8H2,1-4H3,(H,17,19)/t11-,13-/m0/s1. The van der Waals surface area contributed by atoms with Crippen LogP contribution in [-0.2, 0) is 23.9 Å². The fraction of sp³-hybridized carbons (Fsp3) is 0.733. The Hall–Kier alpha value is -1.76. The molecule has 0 heterocycles. The molecule has 0 rings (SSSR count). The molecule has 0 saturated heterocycles. The van der Waals surface area contributed by atoms with E-state index < -0.39 is 29.8 Å². The normalized spacial score (nSPS) is 13.3. The Kier molecular flexibility index (Phi) is 10.0. The molecule has 2 atom stereocenters. The first-order valence-electron chi connectivity index (χ1n) is 7.34. The van der Waals surface area contributed by atoms with Crippen LogP contribution in [0.5, 0.6) is 0 Å². The van der Waals surface area contributed by atoms with Crippen molar-refractivity contribution in [3.63, 3.8) is 0 Å². The van der Waals surface area contributed by atoms with Crippen LogP contribution >= 0.6 is 0 Å². The van der Waals surface area contributed by atoms with Crippen LogP contribution in [0.1, 0.15) is 40.0 Å². The fourth-order valence-corrected chi connectivity index (χ4v) is 1.50. The van der Waals surface area contributed by atoms with Crippen LogP contribution in [-0.4, -0.2) is 49.7 Å². The fourth-order valence-electron chi connectivity index (χ4n) is 1.50. The van der Waals surface area contributed by atoms with E-state index in [1.54, 1.807) is 6.92 Å². The van der Waals surface area contributed by atoms with E-state index >= 15 is 0 Å². The number of nitrogens with one attached hydrogen (secondary N) is 2. The van der Waals surface area contributed by atoms with Gasteiger partial charge in [0.05, 0.1) is 12.8 Å². The highest BCUT2D eigenvalue weighted by Gasteiger charge is 2.25. The van der Waals surface area contributed by atoms with Gasteiger partial charge in [-0.05, 0) is 25.7 Å². The third-order valence-corrected chi connectivity index (χ3v) is 3.10. The molecule has 0 bridgehead atoms. The second kappa shape index (κ2) is 10.9. The molecule has 0 aromatic heterocycles. The Balaban J connectivity index is 4.61. The third kappa shape index (κ3) is 8.51. The number of hydrogen-bond acceptors (Lipinski definition) is 6. The van der Waals surface area contributed by atoms with Crippen LogP contribution in [0.15, 0.2) is 0 Å². The first kappa shape index (κ1) is 20.2. The van der Waals surface area contributed by atoms with Crippen LogP contribution in [0, 0.1) is 11.3 Å². The molecule has 0 saturated carbocycles. The SMILES string of the molecule is CO[C@@H](C)C(=O)N[C@@H](CCC(=O)C=N)C(=O)OCCC(C)C. The zero-order chi connectivity index (χ0) is 17.1. The number of carbonyl (C=O) groups excluding carboxylic acids is 3. The minimum Gasteiger partial charge on any atom is -0.464 e. The topological polar surface area (TPSA) is 106 Å². The Morgan fingerprint density at radius 2 is 1.82 bits per heavy atom. The monoisotopic (exact) mass is 314 g/mol. The molecular weight excluding hydrogens is 288 g/mol. The van der Waals surface area contributed by atoms with Crippen LogP contribution in [0.2, 0.25) is 0 Å². The van der Waals surface area contributed by atoms with Gasteiger partial charge in [-0.1, -0.05) is 13.8 Å².